The number of allylic oxidation sites excluding steroid dienone is 1. The number of hydrogen-bond donors (Lipinski definition) is 1. The molecule has 0 amide bonds. The van der Waals surface area contributed by atoms with Crippen LogP contribution < -0.4 is 5.73 Å². The van der Waals surface area contributed by atoms with Gasteiger partial charge in [0.15, 0.2) is 0 Å². The van der Waals surface area contributed by atoms with Crippen LogP contribution in [0, 0.1) is 5.92 Å². The summed E-state index contributed by atoms with van der Waals surface area (Å²) in [6.07, 6.45) is 8.20. The molecule has 0 aromatic carbocycles. The molecule has 2 atom stereocenters. The Morgan fingerprint density at radius 1 is 1.55 bits per heavy atom. The molecule has 0 aromatic rings. The van der Waals surface area contributed by atoms with E-state index in [1.807, 2.05) is 6.08 Å². The first kappa shape index (κ1) is 10.4. The predicted molar refractivity (Wildman–Crippen MR) is 51.4 cm³/mol. The predicted octanol–water partition coefficient (Wildman–Crippen LogP) is 2.49. The van der Waals surface area contributed by atoms with E-state index in [-0.39, 0.29) is 6.04 Å². The molecule has 11 heavy (non-hydrogen) atoms. The first-order chi connectivity index (χ1) is 5.22. The fraction of sp³-hybridized carbons (Fsp3) is 0.600. The van der Waals surface area contributed by atoms with Crippen molar-refractivity contribution in [2.75, 3.05) is 0 Å². The van der Waals surface area contributed by atoms with Gasteiger partial charge in [0, 0.05) is 6.04 Å². The highest BCUT2D eigenvalue weighted by atomic mass is 14.6. The first-order valence-corrected chi connectivity index (χ1v) is 4.25. The summed E-state index contributed by atoms with van der Waals surface area (Å²) < 4.78 is 0. The Morgan fingerprint density at radius 2 is 2.18 bits per heavy atom. The van der Waals surface area contributed by atoms with Gasteiger partial charge in [0.25, 0.3) is 0 Å². The summed E-state index contributed by atoms with van der Waals surface area (Å²) in [6, 6.07) is 0.232. The van der Waals surface area contributed by atoms with Crippen LogP contribution in [-0.2, 0) is 0 Å². The lowest BCUT2D eigenvalue weighted by atomic mass is 9.99. The van der Waals surface area contributed by atoms with Gasteiger partial charge >= 0.3 is 0 Å². The molecule has 0 saturated heterocycles. The number of rotatable bonds is 5. The van der Waals surface area contributed by atoms with Crippen LogP contribution in [-0.4, -0.2) is 6.04 Å². The van der Waals surface area contributed by atoms with Crippen molar-refractivity contribution >= 4 is 0 Å². The van der Waals surface area contributed by atoms with E-state index in [4.69, 9.17) is 5.73 Å². The van der Waals surface area contributed by atoms with Gasteiger partial charge < -0.3 is 5.73 Å². The average Bonchev–Trinajstić information content (AvgIpc) is 2.00. The molecule has 0 aliphatic carbocycles. The van der Waals surface area contributed by atoms with Crippen molar-refractivity contribution in [3.05, 3.63) is 24.8 Å². The van der Waals surface area contributed by atoms with Gasteiger partial charge in [-0.3, -0.25) is 0 Å². The molecule has 1 nitrogen and oxygen atoms in total. The summed E-state index contributed by atoms with van der Waals surface area (Å²) >= 11 is 0. The van der Waals surface area contributed by atoms with Crippen LogP contribution in [0.3, 0.4) is 0 Å². The normalized spacial score (nSPS) is 16.6. The third-order valence-corrected chi connectivity index (χ3v) is 1.79. The maximum absolute atomic E-state index is 5.85. The maximum atomic E-state index is 5.85. The van der Waals surface area contributed by atoms with E-state index in [9.17, 15) is 0 Å². The second-order valence-electron chi connectivity index (χ2n) is 2.88. The van der Waals surface area contributed by atoms with Gasteiger partial charge in [-0.15, -0.1) is 6.58 Å². The minimum atomic E-state index is 0.232. The van der Waals surface area contributed by atoms with Crippen molar-refractivity contribution in [1.82, 2.24) is 0 Å². The van der Waals surface area contributed by atoms with E-state index >= 15 is 0 Å². The van der Waals surface area contributed by atoms with Crippen LogP contribution in [0.25, 0.3) is 0 Å². The molecular formula is C10H19N. The molecule has 0 aliphatic rings. The molecule has 0 rings (SSSR count). The van der Waals surface area contributed by atoms with Crippen LogP contribution >= 0.6 is 0 Å². The SMILES string of the molecule is C=CCC(N)C(C)C=CCC. The summed E-state index contributed by atoms with van der Waals surface area (Å²) in [4.78, 5) is 0. The molecule has 0 spiro atoms. The smallest absolute Gasteiger partial charge is 0.0134 e. The standard InChI is InChI=1S/C10H19N/c1-4-6-8-9(3)10(11)7-5-2/h5-6,8-10H,2,4,7,11H2,1,3H3. The zero-order chi connectivity index (χ0) is 8.69. The van der Waals surface area contributed by atoms with Crippen LogP contribution in [0.1, 0.15) is 26.7 Å². The van der Waals surface area contributed by atoms with Crippen molar-refractivity contribution in [2.45, 2.75) is 32.7 Å². The van der Waals surface area contributed by atoms with Crippen LogP contribution in [0.15, 0.2) is 24.8 Å². The van der Waals surface area contributed by atoms with Gasteiger partial charge in [0.2, 0.25) is 0 Å². The molecule has 0 bridgehead atoms. The zero-order valence-electron chi connectivity index (χ0n) is 7.59. The summed E-state index contributed by atoms with van der Waals surface area (Å²) in [6.45, 7) is 7.93. The quantitative estimate of drug-likeness (QED) is 0.603. The minimum Gasteiger partial charge on any atom is -0.327 e. The molecule has 0 fully saturated rings. The Bertz CT molecular complexity index is 127. The Morgan fingerprint density at radius 3 is 2.64 bits per heavy atom. The average molecular weight is 153 g/mol. The van der Waals surface area contributed by atoms with E-state index in [0.717, 1.165) is 12.8 Å². The molecule has 0 saturated carbocycles. The molecule has 0 radical (unpaired) electrons. The minimum absolute atomic E-state index is 0.232. The van der Waals surface area contributed by atoms with Crippen LogP contribution in [0.4, 0.5) is 0 Å². The highest BCUT2D eigenvalue weighted by Crippen LogP contribution is 2.06. The lowest BCUT2D eigenvalue weighted by Crippen LogP contribution is -2.25. The van der Waals surface area contributed by atoms with E-state index in [1.54, 1.807) is 0 Å². The van der Waals surface area contributed by atoms with Gasteiger partial charge in [0.05, 0.1) is 0 Å². The van der Waals surface area contributed by atoms with E-state index in [1.165, 1.54) is 0 Å². The van der Waals surface area contributed by atoms with Gasteiger partial charge in [-0.25, -0.2) is 0 Å². The Kier molecular flexibility index (Phi) is 5.86. The van der Waals surface area contributed by atoms with E-state index < -0.39 is 0 Å². The fourth-order valence-electron chi connectivity index (χ4n) is 0.901. The van der Waals surface area contributed by atoms with Gasteiger partial charge in [0.1, 0.15) is 0 Å². The Balaban J connectivity index is 3.71. The Hall–Kier alpha value is -0.560. The van der Waals surface area contributed by atoms with Crippen molar-refractivity contribution < 1.29 is 0 Å². The van der Waals surface area contributed by atoms with Crippen molar-refractivity contribution in [1.29, 1.82) is 0 Å². The fourth-order valence-corrected chi connectivity index (χ4v) is 0.901. The third kappa shape index (κ3) is 4.79. The lowest BCUT2D eigenvalue weighted by molar-refractivity contribution is 0.544. The zero-order valence-corrected chi connectivity index (χ0v) is 7.59. The molecule has 0 aromatic heterocycles. The van der Waals surface area contributed by atoms with Gasteiger partial charge in [-0.1, -0.05) is 32.1 Å². The van der Waals surface area contributed by atoms with Crippen molar-refractivity contribution in [3.8, 4) is 0 Å². The summed E-state index contributed by atoms with van der Waals surface area (Å²) in [5.74, 6) is 0.466. The topological polar surface area (TPSA) is 26.0 Å². The monoisotopic (exact) mass is 153 g/mol. The molecule has 64 valence electrons. The van der Waals surface area contributed by atoms with Gasteiger partial charge in [-0.2, -0.15) is 0 Å². The second kappa shape index (κ2) is 6.17. The van der Waals surface area contributed by atoms with Crippen LogP contribution in [0.5, 0.6) is 0 Å². The van der Waals surface area contributed by atoms with E-state index in [0.29, 0.717) is 5.92 Å². The molecule has 1 heteroatoms. The summed E-state index contributed by atoms with van der Waals surface area (Å²) in [5.41, 5.74) is 5.85. The molecule has 0 aliphatic heterocycles. The van der Waals surface area contributed by atoms with Crippen molar-refractivity contribution in [3.63, 3.8) is 0 Å². The maximum Gasteiger partial charge on any atom is 0.0134 e. The first-order valence-electron chi connectivity index (χ1n) is 4.25. The highest BCUT2D eigenvalue weighted by Gasteiger charge is 2.05. The van der Waals surface area contributed by atoms with Crippen molar-refractivity contribution in [2.24, 2.45) is 11.7 Å². The third-order valence-electron chi connectivity index (χ3n) is 1.79. The summed E-state index contributed by atoms with van der Waals surface area (Å²) in [7, 11) is 0. The molecule has 2 N–H and O–H groups in total. The molecule has 2 unspecified atom stereocenters. The number of nitrogens with two attached hydrogens (primary N) is 1. The summed E-state index contributed by atoms with van der Waals surface area (Å²) in [5, 5.41) is 0. The van der Waals surface area contributed by atoms with Crippen LogP contribution in [0.2, 0.25) is 0 Å². The number of hydrogen-bond acceptors (Lipinski definition) is 1. The highest BCUT2D eigenvalue weighted by molar-refractivity contribution is 4.92. The second-order valence-corrected chi connectivity index (χ2v) is 2.88. The Labute approximate surface area is 70.0 Å². The van der Waals surface area contributed by atoms with Gasteiger partial charge in [-0.05, 0) is 18.8 Å². The lowest BCUT2D eigenvalue weighted by Gasteiger charge is -2.13. The molecular weight excluding hydrogens is 134 g/mol. The molecule has 0 heterocycles. The van der Waals surface area contributed by atoms with E-state index in [2.05, 4.69) is 32.6 Å². The largest absolute Gasteiger partial charge is 0.327 e.